The van der Waals surface area contributed by atoms with E-state index in [1.165, 1.54) is 0 Å². The van der Waals surface area contributed by atoms with Crippen molar-refractivity contribution in [2.24, 2.45) is 7.05 Å². The number of pyridine rings is 1. The van der Waals surface area contributed by atoms with Crippen LogP contribution in [0, 0.1) is 0 Å². The van der Waals surface area contributed by atoms with E-state index in [1.807, 2.05) is 37.5 Å². The summed E-state index contributed by atoms with van der Waals surface area (Å²) < 4.78 is 1.75. The van der Waals surface area contributed by atoms with Crippen molar-refractivity contribution in [2.75, 3.05) is 0 Å². The predicted molar refractivity (Wildman–Crippen MR) is 69.3 cm³/mol. The van der Waals surface area contributed by atoms with Gasteiger partial charge in [0.15, 0.2) is 0 Å². The number of aromatic nitrogens is 3. The molecule has 0 saturated carbocycles. The second kappa shape index (κ2) is 4.07. The number of carbonyl (C=O) groups excluding carboxylic acids is 1. The maximum atomic E-state index is 10.7. The van der Waals surface area contributed by atoms with Gasteiger partial charge in [0, 0.05) is 29.8 Å². The summed E-state index contributed by atoms with van der Waals surface area (Å²) in [7, 11) is 1.88. The van der Waals surface area contributed by atoms with Crippen LogP contribution in [0.4, 0.5) is 0 Å². The summed E-state index contributed by atoms with van der Waals surface area (Å²) >= 11 is 0. The van der Waals surface area contributed by atoms with Gasteiger partial charge in [0.2, 0.25) is 0 Å². The Labute approximate surface area is 104 Å². The lowest BCUT2D eigenvalue weighted by molar-refractivity contribution is 0.112. The first-order chi connectivity index (χ1) is 8.76. The topological polar surface area (TPSA) is 47.8 Å². The van der Waals surface area contributed by atoms with E-state index in [4.69, 9.17) is 0 Å². The van der Waals surface area contributed by atoms with Crippen molar-refractivity contribution in [3.05, 3.63) is 48.3 Å². The van der Waals surface area contributed by atoms with E-state index in [9.17, 15) is 4.79 Å². The van der Waals surface area contributed by atoms with Crippen molar-refractivity contribution < 1.29 is 4.79 Å². The summed E-state index contributed by atoms with van der Waals surface area (Å²) in [6.07, 6.45) is 4.55. The van der Waals surface area contributed by atoms with E-state index < -0.39 is 0 Å². The van der Waals surface area contributed by atoms with Gasteiger partial charge in [-0.3, -0.25) is 9.48 Å². The minimum atomic E-state index is 0.665. The minimum Gasteiger partial charge on any atom is -0.298 e. The molecule has 3 aromatic rings. The highest BCUT2D eigenvalue weighted by Crippen LogP contribution is 2.20. The van der Waals surface area contributed by atoms with Gasteiger partial charge in [0.05, 0.1) is 17.4 Å². The Hall–Kier alpha value is -2.49. The summed E-state index contributed by atoms with van der Waals surface area (Å²) in [5.74, 6) is 0. The van der Waals surface area contributed by atoms with Crippen molar-refractivity contribution >= 4 is 17.2 Å². The molecule has 2 heterocycles. The molecule has 0 amide bonds. The molecule has 0 bridgehead atoms. The number of hydrogen-bond acceptors (Lipinski definition) is 3. The summed E-state index contributed by atoms with van der Waals surface area (Å²) in [5, 5.41) is 5.10. The third kappa shape index (κ3) is 1.78. The molecule has 0 unspecified atom stereocenters. The van der Waals surface area contributed by atoms with Crippen LogP contribution in [-0.2, 0) is 7.05 Å². The maximum absolute atomic E-state index is 10.7. The largest absolute Gasteiger partial charge is 0.298 e. The molecule has 4 heteroatoms. The average molecular weight is 237 g/mol. The second-order valence-electron chi connectivity index (χ2n) is 4.17. The lowest BCUT2D eigenvalue weighted by Crippen LogP contribution is -1.87. The molecule has 0 saturated heterocycles. The van der Waals surface area contributed by atoms with Gasteiger partial charge in [-0.2, -0.15) is 5.10 Å². The summed E-state index contributed by atoms with van der Waals surface area (Å²) in [5.41, 5.74) is 3.41. The number of aryl methyl sites for hydroxylation is 1. The predicted octanol–water partition coefficient (Wildman–Crippen LogP) is 2.45. The second-order valence-corrected chi connectivity index (χ2v) is 4.17. The van der Waals surface area contributed by atoms with Crippen molar-refractivity contribution in [2.45, 2.75) is 0 Å². The number of benzene rings is 1. The van der Waals surface area contributed by atoms with Crippen molar-refractivity contribution in [3.8, 4) is 11.3 Å². The number of aldehydes is 1. The van der Waals surface area contributed by atoms with Gasteiger partial charge in [-0.1, -0.05) is 6.07 Å². The molecule has 0 spiro atoms. The van der Waals surface area contributed by atoms with Crippen molar-refractivity contribution in [3.63, 3.8) is 0 Å². The monoisotopic (exact) mass is 237 g/mol. The Morgan fingerprint density at radius 1 is 1.22 bits per heavy atom. The van der Waals surface area contributed by atoms with Gasteiger partial charge < -0.3 is 0 Å². The van der Waals surface area contributed by atoms with Gasteiger partial charge in [0.1, 0.15) is 6.29 Å². The van der Waals surface area contributed by atoms with E-state index >= 15 is 0 Å². The van der Waals surface area contributed by atoms with Crippen LogP contribution in [-0.4, -0.2) is 21.1 Å². The van der Waals surface area contributed by atoms with Gasteiger partial charge in [-0.05, 0) is 24.3 Å². The van der Waals surface area contributed by atoms with Gasteiger partial charge in [-0.25, -0.2) is 4.98 Å². The van der Waals surface area contributed by atoms with Crippen LogP contribution in [0.3, 0.4) is 0 Å². The van der Waals surface area contributed by atoms with Gasteiger partial charge in [-0.15, -0.1) is 0 Å². The first-order valence-electron chi connectivity index (χ1n) is 5.61. The van der Waals surface area contributed by atoms with Crippen LogP contribution in [0.5, 0.6) is 0 Å². The summed E-state index contributed by atoms with van der Waals surface area (Å²) in [6, 6.07) is 9.38. The maximum Gasteiger partial charge on any atom is 0.150 e. The highest BCUT2D eigenvalue weighted by Gasteiger charge is 2.04. The number of nitrogens with zero attached hydrogens (tertiary/aromatic N) is 3. The van der Waals surface area contributed by atoms with Crippen LogP contribution >= 0.6 is 0 Å². The lowest BCUT2D eigenvalue weighted by atomic mass is 10.1. The standard InChI is InChI=1S/C14H11N3O/c1-17-8-12(7-15-17)14-5-3-11-6-10(9-18)2-4-13(11)16-14/h2-9H,1H3. The third-order valence-electron chi connectivity index (χ3n) is 2.85. The molecule has 88 valence electrons. The fraction of sp³-hybridized carbons (Fsp3) is 0.0714. The average Bonchev–Trinajstić information content (AvgIpc) is 2.84. The normalized spacial score (nSPS) is 10.7. The Morgan fingerprint density at radius 3 is 2.83 bits per heavy atom. The number of carbonyl (C=O) groups is 1. The van der Waals surface area contributed by atoms with Crippen LogP contribution < -0.4 is 0 Å². The van der Waals surface area contributed by atoms with Crippen LogP contribution in [0.1, 0.15) is 10.4 Å². The highest BCUT2D eigenvalue weighted by atomic mass is 16.1. The van der Waals surface area contributed by atoms with Crippen molar-refractivity contribution in [1.29, 1.82) is 0 Å². The van der Waals surface area contributed by atoms with Gasteiger partial charge in [0.25, 0.3) is 0 Å². The van der Waals surface area contributed by atoms with E-state index in [0.29, 0.717) is 5.56 Å². The summed E-state index contributed by atoms with van der Waals surface area (Å²) in [6.45, 7) is 0. The molecule has 0 atom stereocenters. The van der Waals surface area contributed by atoms with Crippen LogP contribution in [0.25, 0.3) is 22.2 Å². The first kappa shape index (κ1) is 10.7. The fourth-order valence-corrected chi connectivity index (χ4v) is 1.93. The number of hydrogen-bond donors (Lipinski definition) is 0. The third-order valence-corrected chi connectivity index (χ3v) is 2.85. The quantitative estimate of drug-likeness (QED) is 0.643. The molecule has 0 aliphatic rings. The van der Waals surface area contributed by atoms with Crippen LogP contribution in [0.2, 0.25) is 0 Å². The number of fused-ring (bicyclic) bond motifs is 1. The Morgan fingerprint density at radius 2 is 2.11 bits per heavy atom. The first-order valence-corrected chi connectivity index (χ1v) is 5.61. The fourth-order valence-electron chi connectivity index (χ4n) is 1.93. The molecule has 3 rings (SSSR count). The molecular formula is C14H11N3O. The Balaban J connectivity index is 2.14. The van der Waals surface area contributed by atoms with E-state index in [0.717, 1.165) is 28.4 Å². The lowest BCUT2D eigenvalue weighted by Gasteiger charge is -2.01. The highest BCUT2D eigenvalue weighted by molar-refractivity contribution is 5.87. The molecule has 0 radical (unpaired) electrons. The molecular weight excluding hydrogens is 226 g/mol. The van der Waals surface area contributed by atoms with Crippen molar-refractivity contribution in [1.82, 2.24) is 14.8 Å². The molecule has 0 fully saturated rings. The van der Waals surface area contributed by atoms with E-state index in [1.54, 1.807) is 16.9 Å². The van der Waals surface area contributed by atoms with E-state index in [-0.39, 0.29) is 0 Å². The Kier molecular flexibility index (Phi) is 2.41. The molecule has 4 nitrogen and oxygen atoms in total. The zero-order valence-corrected chi connectivity index (χ0v) is 9.87. The summed E-state index contributed by atoms with van der Waals surface area (Å²) in [4.78, 5) is 15.3. The smallest absolute Gasteiger partial charge is 0.150 e. The zero-order chi connectivity index (χ0) is 12.5. The molecule has 0 aliphatic heterocycles. The van der Waals surface area contributed by atoms with E-state index in [2.05, 4.69) is 10.1 Å². The van der Waals surface area contributed by atoms with Crippen LogP contribution in [0.15, 0.2) is 42.7 Å². The SMILES string of the molecule is Cn1cc(-c2ccc3cc(C=O)ccc3n2)cn1. The molecule has 1 aromatic carbocycles. The number of rotatable bonds is 2. The molecule has 0 N–H and O–H groups in total. The van der Waals surface area contributed by atoms with Gasteiger partial charge >= 0.3 is 0 Å². The Bertz CT molecular complexity index is 731. The molecule has 18 heavy (non-hydrogen) atoms. The molecule has 0 aliphatic carbocycles. The zero-order valence-electron chi connectivity index (χ0n) is 9.87. The molecule has 2 aromatic heterocycles. The minimum absolute atomic E-state index is 0.665.